The Bertz CT molecular complexity index is 577. The van der Waals surface area contributed by atoms with Crippen molar-refractivity contribution in [3.05, 3.63) is 28.8 Å². The van der Waals surface area contributed by atoms with Crippen LogP contribution in [0.4, 0.5) is 0 Å². The summed E-state index contributed by atoms with van der Waals surface area (Å²) in [6.45, 7) is 4.29. The first-order valence-electron chi connectivity index (χ1n) is 7.02. The number of carbonyl (C=O) groups is 2. The summed E-state index contributed by atoms with van der Waals surface area (Å²) in [7, 11) is 0. The van der Waals surface area contributed by atoms with Gasteiger partial charge < -0.3 is 19.5 Å². The van der Waals surface area contributed by atoms with Crippen molar-refractivity contribution in [1.29, 1.82) is 0 Å². The normalized spacial score (nSPS) is 21.5. The number of benzene rings is 1. The number of morpholine rings is 1. The largest absolute Gasteiger partial charge is 0.493 e. The lowest BCUT2D eigenvalue weighted by atomic mass is 10.1. The maximum Gasteiger partial charge on any atom is 0.334 e. The zero-order valence-corrected chi connectivity index (χ0v) is 13.2. The summed E-state index contributed by atoms with van der Waals surface area (Å²) < 4.78 is 10.8. The molecule has 22 heavy (non-hydrogen) atoms. The summed E-state index contributed by atoms with van der Waals surface area (Å²) in [6.07, 6.45) is -1.36. The Labute approximate surface area is 133 Å². The predicted octanol–water partition coefficient (Wildman–Crippen LogP) is 2.05. The molecule has 2 atom stereocenters. The van der Waals surface area contributed by atoms with E-state index in [9.17, 15) is 9.59 Å². The van der Waals surface area contributed by atoms with Gasteiger partial charge in [-0.3, -0.25) is 4.79 Å². The molecule has 6 nitrogen and oxygen atoms in total. The maximum absolute atomic E-state index is 12.7. The second-order valence-corrected chi connectivity index (χ2v) is 5.49. The molecule has 1 heterocycles. The summed E-state index contributed by atoms with van der Waals surface area (Å²) >= 11 is 5.93. The zero-order valence-electron chi connectivity index (χ0n) is 12.4. The van der Waals surface area contributed by atoms with E-state index >= 15 is 0 Å². The predicted molar refractivity (Wildman–Crippen MR) is 80.5 cm³/mol. The monoisotopic (exact) mass is 327 g/mol. The first-order chi connectivity index (χ1) is 10.4. The Balaban J connectivity index is 2.25. The van der Waals surface area contributed by atoms with E-state index in [0.29, 0.717) is 29.5 Å². The molecule has 0 aliphatic carbocycles. The third-order valence-corrected chi connectivity index (χ3v) is 3.53. The highest BCUT2D eigenvalue weighted by Gasteiger charge is 2.33. The molecule has 1 fully saturated rings. The smallest absolute Gasteiger partial charge is 0.334 e. The van der Waals surface area contributed by atoms with E-state index in [1.165, 1.54) is 4.90 Å². The van der Waals surface area contributed by atoms with Gasteiger partial charge in [0.25, 0.3) is 5.91 Å². The molecule has 1 unspecified atom stereocenters. The highest BCUT2D eigenvalue weighted by Crippen LogP contribution is 2.26. The molecule has 1 saturated heterocycles. The van der Waals surface area contributed by atoms with Crippen LogP contribution in [0.15, 0.2) is 18.2 Å². The first-order valence-corrected chi connectivity index (χ1v) is 7.40. The van der Waals surface area contributed by atoms with Crippen LogP contribution in [-0.4, -0.2) is 53.8 Å². The molecule has 0 radical (unpaired) electrons. The zero-order chi connectivity index (χ0) is 16.3. The van der Waals surface area contributed by atoms with Crippen LogP contribution >= 0.6 is 11.6 Å². The van der Waals surface area contributed by atoms with Crippen LogP contribution in [0.1, 0.15) is 24.2 Å². The van der Waals surface area contributed by atoms with Crippen LogP contribution in [0.3, 0.4) is 0 Å². The van der Waals surface area contributed by atoms with E-state index in [0.717, 1.165) is 0 Å². The minimum atomic E-state index is -1.08. The molecular weight excluding hydrogens is 310 g/mol. The average Bonchev–Trinajstić information content (AvgIpc) is 2.46. The molecule has 1 aromatic rings. The summed E-state index contributed by atoms with van der Waals surface area (Å²) in [4.78, 5) is 25.3. The number of amides is 1. The highest BCUT2D eigenvalue weighted by molar-refractivity contribution is 6.30. The number of halogens is 1. The number of carboxylic acids is 1. The van der Waals surface area contributed by atoms with Gasteiger partial charge in [0.05, 0.1) is 24.8 Å². The topological polar surface area (TPSA) is 76.1 Å². The molecule has 0 saturated carbocycles. The molecule has 1 N–H and O–H groups in total. The third-order valence-electron chi connectivity index (χ3n) is 3.30. The molecule has 2 rings (SSSR count). The SMILES string of the molecule is CCOc1cc(Cl)ccc1C(=O)N1CC(C(=O)O)O[C@H](C)C1. The third kappa shape index (κ3) is 3.69. The molecule has 7 heteroatoms. The quantitative estimate of drug-likeness (QED) is 0.916. The fourth-order valence-electron chi connectivity index (χ4n) is 2.37. The molecule has 120 valence electrons. The molecule has 0 bridgehead atoms. The van der Waals surface area contributed by atoms with Gasteiger partial charge in [-0.25, -0.2) is 4.79 Å². The Morgan fingerprint density at radius 2 is 2.18 bits per heavy atom. The maximum atomic E-state index is 12.7. The minimum absolute atomic E-state index is 0.00664. The number of hydrogen-bond donors (Lipinski definition) is 1. The Morgan fingerprint density at radius 1 is 1.45 bits per heavy atom. The number of ether oxygens (including phenoxy) is 2. The fourth-order valence-corrected chi connectivity index (χ4v) is 2.53. The van der Waals surface area contributed by atoms with Gasteiger partial charge in [0.15, 0.2) is 6.10 Å². The molecule has 1 aromatic carbocycles. The van der Waals surface area contributed by atoms with Crippen molar-refractivity contribution < 1.29 is 24.2 Å². The van der Waals surface area contributed by atoms with Crippen molar-refractivity contribution in [2.24, 2.45) is 0 Å². The number of rotatable bonds is 4. The van der Waals surface area contributed by atoms with E-state index in [-0.39, 0.29) is 18.6 Å². The minimum Gasteiger partial charge on any atom is -0.493 e. The highest BCUT2D eigenvalue weighted by atomic mass is 35.5. The van der Waals surface area contributed by atoms with Crippen LogP contribution in [0.25, 0.3) is 0 Å². The number of hydrogen-bond acceptors (Lipinski definition) is 4. The summed E-state index contributed by atoms with van der Waals surface area (Å²) in [5.74, 6) is -0.974. The van der Waals surface area contributed by atoms with Crippen molar-refractivity contribution in [1.82, 2.24) is 4.90 Å². The lowest BCUT2D eigenvalue weighted by Crippen LogP contribution is -2.51. The van der Waals surface area contributed by atoms with E-state index in [1.54, 1.807) is 25.1 Å². The lowest BCUT2D eigenvalue weighted by Gasteiger charge is -2.35. The second-order valence-electron chi connectivity index (χ2n) is 5.06. The van der Waals surface area contributed by atoms with Crippen molar-refractivity contribution in [3.63, 3.8) is 0 Å². The average molecular weight is 328 g/mol. The number of carbonyl (C=O) groups excluding carboxylic acids is 1. The molecular formula is C15H18ClNO5. The van der Waals surface area contributed by atoms with Gasteiger partial charge in [-0.05, 0) is 32.0 Å². The standard InChI is InChI=1S/C15H18ClNO5/c1-3-21-12-6-10(16)4-5-11(12)14(18)17-7-9(2)22-13(8-17)15(19)20/h4-6,9,13H,3,7-8H2,1-2H3,(H,19,20)/t9-,13?/m1/s1. The van der Waals surface area contributed by atoms with Gasteiger partial charge in [-0.1, -0.05) is 11.6 Å². The van der Waals surface area contributed by atoms with Crippen molar-refractivity contribution in [2.75, 3.05) is 19.7 Å². The van der Waals surface area contributed by atoms with Crippen molar-refractivity contribution in [2.45, 2.75) is 26.1 Å². The molecule has 1 aliphatic rings. The fraction of sp³-hybridized carbons (Fsp3) is 0.467. The van der Waals surface area contributed by atoms with Gasteiger partial charge in [0, 0.05) is 11.6 Å². The van der Waals surface area contributed by atoms with Crippen LogP contribution in [-0.2, 0) is 9.53 Å². The first kappa shape index (κ1) is 16.6. The van der Waals surface area contributed by atoms with Crippen LogP contribution in [0.2, 0.25) is 5.02 Å². The van der Waals surface area contributed by atoms with Crippen molar-refractivity contribution in [3.8, 4) is 5.75 Å². The van der Waals surface area contributed by atoms with E-state index in [4.69, 9.17) is 26.2 Å². The molecule has 0 spiro atoms. The molecule has 1 aliphatic heterocycles. The lowest BCUT2D eigenvalue weighted by molar-refractivity contribution is -0.160. The van der Waals surface area contributed by atoms with E-state index in [1.807, 2.05) is 6.92 Å². The van der Waals surface area contributed by atoms with Gasteiger partial charge in [-0.15, -0.1) is 0 Å². The summed E-state index contributed by atoms with van der Waals surface area (Å²) in [5, 5.41) is 9.57. The summed E-state index contributed by atoms with van der Waals surface area (Å²) in [6, 6.07) is 4.78. The van der Waals surface area contributed by atoms with Gasteiger partial charge >= 0.3 is 5.97 Å². The van der Waals surface area contributed by atoms with Gasteiger partial charge in [0.2, 0.25) is 0 Å². The molecule has 0 aromatic heterocycles. The Kier molecular flexibility index (Phi) is 5.26. The van der Waals surface area contributed by atoms with Crippen LogP contribution in [0.5, 0.6) is 5.75 Å². The van der Waals surface area contributed by atoms with Crippen LogP contribution in [0, 0.1) is 0 Å². The van der Waals surface area contributed by atoms with E-state index < -0.39 is 12.1 Å². The van der Waals surface area contributed by atoms with Gasteiger partial charge in [-0.2, -0.15) is 0 Å². The van der Waals surface area contributed by atoms with Crippen molar-refractivity contribution >= 4 is 23.5 Å². The number of aliphatic carboxylic acids is 1. The Hall–Kier alpha value is -1.79. The summed E-state index contributed by atoms with van der Waals surface area (Å²) in [5.41, 5.74) is 0.365. The Morgan fingerprint density at radius 3 is 2.82 bits per heavy atom. The van der Waals surface area contributed by atoms with Crippen LogP contribution < -0.4 is 4.74 Å². The number of carboxylic acid groups (broad SMARTS) is 1. The second kappa shape index (κ2) is 6.98. The number of nitrogens with zero attached hydrogens (tertiary/aromatic N) is 1. The molecule has 1 amide bonds. The van der Waals surface area contributed by atoms with E-state index in [2.05, 4.69) is 0 Å². The van der Waals surface area contributed by atoms with Gasteiger partial charge in [0.1, 0.15) is 5.75 Å².